The summed E-state index contributed by atoms with van der Waals surface area (Å²) in [5.74, 6) is -0.288. The minimum absolute atomic E-state index is 0.288. The van der Waals surface area contributed by atoms with Crippen LogP contribution in [0.2, 0.25) is 0 Å². The number of anilines is 1. The number of hydrogen-bond acceptors (Lipinski definition) is 4. The highest BCUT2D eigenvalue weighted by Gasteiger charge is 2.11. The third kappa shape index (κ3) is 3.51. The van der Waals surface area contributed by atoms with Crippen molar-refractivity contribution in [3.8, 4) is 17.3 Å². The van der Waals surface area contributed by atoms with Crippen molar-refractivity contribution in [1.29, 1.82) is 5.26 Å². The molecule has 1 aromatic heterocycles. The molecule has 5 heteroatoms. The number of allylic oxidation sites excluding steroid dienone is 1. The number of nitrogens with zero attached hydrogens (tertiary/aromatic N) is 2. The van der Waals surface area contributed by atoms with Crippen LogP contribution in [-0.2, 0) is 0 Å². The molecule has 0 fully saturated rings. The van der Waals surface area contributed by atoms with E-state index >= 15 is 0 Å². The van der Waals surface area contributed by atoms with Gasteiger partial charge in [0.15, 0.2) is 0 Å². The number of halogens is 1. The van der Waals surface area contributed by atoms with Crippen molar-refractivity contribution in [1.82, 2.24) is 4.98 Å². The SMILES string of the molecule is Cc1ccc(NC=C(C#N)c2nc(-c3cccc4ccccc34)cs2)cc1F. The molecule has 0 atom stereocenters. The Morgan fingerprint density at radius 2 is 1.96 bits per heavy atom. The van der Waals surface area contributed by atoms with Gasteiger partial charge in [-0.15, -0.1) is 11.3 Å². The van der Waals surface area contributed by atoms with Gasteiger partial charge in [0, 0.05) is 22.8 Å². The first-order valence-electron chi connectivity index (χ1n) is 8.73. The molecule has 0 aliphatic heterocycles. The van der Waals surface area contributed by atoms with E-state index in [-0.39, 0.29) is 5.82 Å². The van der Waals surface area contributed by atoms with Crippen molar-refractivity contribution >= 4 is 33.4 Å². The van der Waals surface area contributed by atoms with Crippen LogP contribution < -0.4 is 5.32 Å². The van der Waals surface area contributed by atoms with Crippen LogP contribution in [0.3, 0.4) is 0 Å². The van der Waals surface area contributed by atoms with Gasteiger partial charge in [0.1, 0.15) is 22.5 Å². The number of rotatable bonds is 4. The highest BCUT2D eigenvalue weighted by atomic mass is 32.1. The molecular formula is C23H16FN3S. The molecule has 4 aromatic rings. The molecular weight excluding hydrogens is 369 g/mol. The summed E-state index contributed by atoms with van der Waals surface area (Å²) in [6.07, 6.45) is 1.57. The Bertz CT molecular complexity index is 1230. The molecule has 0 unspecified atom stereocenters. The summed E-state index contributed by atoms with van der Waals surface area (Å²) in [4.78, 5) is 4.66. The molecule has 1 heterocycles. The van der Waals surface area contributed by atoms with E-state index in [4.69, 9.17) is 0 Å². The van der Waals surface area contributed by atoms with Crippen molar-refractivity contribution in [2.24, 2.45) is 0 Å². The van der Waals surface area contributed by atoms with Crippen molar-refractivity contribution in [2.45, 2.75) is 6.92 Å². The Hall–Kier alpha value is -3.49. The van der Waals surface area contributed by atoms with Crippen LogP contribution in [0.4, 0.5) is 10.1 Å². The zero-order valence-electron chi connectivity index (χ0n) is 15.1. The zero-order valence-corrected chi connectivity index (χ0v) is 15.9. The largest absolute Gasteiger partial charge is 0.360 e. The molecule has 3 nitrogen and oxygen atoms in total. The van der Waals surface area contributed by atoms with E-state index in [0.29, 0.717) is 21.8 Å². The second-order valence-electron chi connectivity index (χ2n) is 6.34. The average Bonchev–Trinajstić information content (AvgIpc) is 3.20. The predicted octanol–water partition coefficient (Wildman–Crippen LogP) is 6.39. The minimum atomic E-state index is -0.288. The summed E-state index contributed by atoms with van der Waals surface area (Å²) in [6.45, 7) is 1.71. The van der Waals surface area contributed by atoms with Crippen LogP contribution in [-0.4, -0.2) is 4.98 Å². The topological polar surface area (TPSA) is 48.7 Å². The number of nitriles is 1. The van der Waals surface area contributed by atoms with E-state index in [0.717, 1.165) is 22.0 Å². The highest BCUT2D eigenvalue weighted by Crippen LogP contribution is 2.31. The number of nitrogens with one attached hydrogen (secondary N) is 1. The number of aromatic nitrogens is 1. The Labute approximate surface area is 166 Å². The van der Waals surface area contributed by atoms with E-state index in [1.54, 1.807) is 25.3 Å². The lowest BCUT2D eigenvalue weighted by molar-refractivity contribution is 0.619. The molecule has 0 amide bonds. The molecule has 0 saturated carbocycles. The molecule has 0 bridgehead atoms. The van der Waals surface area contributed by atoms with Gasteiger partial charge in [-0.05, 0) is 35.4 Å². The van der Waals surface area contributed by atoms with E-state index < -0.39 is 0 Å². The van der Waals surface area contributed by atoms with Gasteiger partial charge in [0.25, 0.3) is 0 Å². The van der Waals surface area contributed by atoms with Gasteiger partial charge in [-0.2, -0.15) is 5.26 Å². The number of thiazole rings is 1. The standard InChI is InChI=1S/C23H16FN3S/c1-15-9-10-18(11-21(15)24)26-13-17(12-25)23-27-22(14-28-23)20-8-4-6-16-5-2-3-7-19(16)20/h2-11,13-14,26H,1H3. The molecule has 4 rings (SSSR count). The van der Waals surface area contributed by atoms with Crippen LogP contribution >= 0.6 is 11.3 Å². The minimum Gasteiger partial charge on any atom is -0.360 e. The van der Waals surface area contributed by atoms with E-state index in [1.807, 2.05) is 29.6 Å². The summed E-state index contributed by atoms with van der Waals surface area (Å²) < 4.78 is 13.7. The van der Waals surface area contributed by atoms with Gasteiger partial charge < -0.3 is 5.32 Å². The molecule has 3 aromatic carbocycles. The third-order valence-electron chi connectivity index (χ3n) is 4.48. The summed E-state index contributed by atoms with van der Waals surface area (Å²) in [7, 11) is 0. The van der Waals surface area contributed by atoms with Gasteiger partial charge in [-0.1, -0.05) is 48.5 Å². The second-order valence-corrected chi connectivity index (χ2v) is 7.20. The molecule has 0 aliphatic carbocycles. The van der Waals surface area contributed by atoms with Crippen LogP contribution in [0.1, 0.15) is 10.6 Å². The Morgan fingerprint density at radius 3 is 2.79 bits per heavy atom. The molecule has 0 aliphatic rings. The van der Waals surface area contributed by atoms with Crippen LogP contribution in [0.5, 0.6) is 0 Å². The van der Waals surface area contributed by atoms with Crippen molar-refractivity contribution in [3.63, 3.8) is 0 Å². The number of hydrogen-bond donors (Lipinski definition) is 1. The maximum Gasteiger partial charge on any atom is 0.136 e. The maximum absolute atomic E-state index is 13.7. The Kier molecular flexibility index (Phi) is 4.88. The van der Waals surface area contributed by atoms with Crippen LogP contribution in [0, 0.1) is 24.1 Å². The van der Waals surface area contributed by atoms with Gasteiger partial charge in [-0.3, -0.25) is 0 Å². The lowest BCUT2D eigenvalue weighted by atomic mass is 10.0. The van der Waals surface area contributed by atoms with Crippen molar-refractivity contribution < 1.29 is 4.39 Å². The number of benzene rings is 3. The third-order valence-corrected chi connectivity index (χ3v) is 5.35. The highest BCUT2D eigenvalue weighted by molar-refractivity contribution is 7.11. The maximum atomic E-state index is 13.7. The summed E-state index contributed by atoms with van der Waals surface area (Å²) >= 11 is 1.41. The smallest absolute Gasteiger partial charge is 0.136 e. The fourth-order valence-electron chi connectivity index (χ4n) is 2.95. The lowest BCUT2D eigenvalue weighted by Crippen LogP contribution is -1.93. The molecule has 0 saturated heterocycles. The summed E-state index contributed by atoms with van der Waals surface area (Å²) in [5.41, 5.74) is 3.43. The monoisotopic (exact) mass is 385 g/mol. The fraction of sp³-hybridized carbons (Fsp3) is 0.0435. The first kappa shape index (κ1) is 17.9. The predicted molar refractivity (Wildman–Crippen MR) is 113 cm³/mol. The Balaban J connectivity index is 1.65. The molecule has 0 spiro atoms. The number of fused-ring (bicyclic) bond motifs is 1. The molecule has 1 N–H and O–H groups in total. The quantitative estimate of drug-likeness (QED) is 0.414. The molecule has 136 valence electrons. The summed E-state index contributed by atoms with van der Waals surface area (Å²) in [6, 6.07) is 21.3. The van der Waals surface area contributed by atoms with Gasteiger partial charge in [0.05, 0.1) is 5.69 Å². The van der Waals surface area contributed by atoms with Gasteiger partial charge in [-0.25, -0.2) is 9.37 Å². The first-order valence-corrected chi connectivity index (χ1v) is 9.60. The molecule has 28 heavy (non-hydrogen) atoms. The summed E-state index contributed by atoms with van der Waals surface area (Å²) in [5, 5.41) is 17.4. The van der Waals surface area contributed by atoms with Crippen molar-refractivity contribution in [2.75, 3.05) is 5.32 Å². The van der Waals surface area contributed by atoms with Crippen molar-refractivity contribution in [3.05, 3.63) is 88.6 Å². The van der Waals surface area contributed by atoms with Crippen LogP contribution in [0.15, 0.2) is 72.2 Å². The normalized spacial score (nSPS) is 11.4. The zero-order chi connectivity index (χ0) is 19.5. The van der Waals surface area contributed by atoms with Gasteiger partial charge >= 0.3 is 0 Å². The van der Waals surface area contributed by atoms with Gasteiger partial charge in [0.2, 0.25) is 0 Å². The fourth-order valence-corrected chi connectivity index (χ4v) is 3.74. The second kappa shape index (κ2) is 7.63. The van der Waals surface area contributed by atoms with E-state index in [1.165, 1.54) is 17.4 Å². The first-order chi connectivity index (χ1) is 13.7. The lowest BCUT2D eigenvalue weighted by Gasteiger charge is -2.04. The number of aryl methyl sites for hydroxylation is 1. The van der Waals surface area contributed by atoms with E-state index in [9.17, 15) is 9.65 Å². The molecule has 0 radical (unpaired) electrons. The van der Waals surface area contributed by atoms with E-state index in [2.05, 4.69) is 34.6 Å². The average molecular weight is 385 g/mol. The Morgan fingerprint density at radius 1 is 1.14 bits per heavy atom. The van der Waals surface area contributed by atoms with Crippen LogP contribution in [0.25, 0.3) is 27.6 Å².